The van der Waals surface area contributed by atoms with Crippen LogP contribution in [0.2, 0.25) is 0 Å². The number of hydrazone groups is 1. The van der Waals surface area contributed by atoms with E-state index in [0.717, 1.165) is 97.6 Å². The number of amidine groups is 1. The highest BCUT2D eigenvalue weighted by atomic mass is 16.6. The van der Waals surface area contributed by atoms with Crippen LogP contribution in [0.25, 0.3) is 16.9 Å². The first-order valence-corrected chi connectivity index (χ1v) is 18.1. The largest absolute Gasteiger partial charge is 0.377 e. The summed E-state index contributed by atoms with van der Waals surface area (Å²) in [4.78, 5) is 25.0. The maximum Gasteiger partial charge on any atom is 0.269 e. The van der Waals surface area contributed by atoms with Gasteiger partial charge in [-0.25, -0.2) is 9.69 Å². The maximum absolute atomic E-state index is 11.7. The van der Waals surface area contributed by atoms with Gasteiger partial charge in [0.2, 0.25) is 0 Å². The lowest BCUT2D eigenvalue weighted by Gasteiger charge is -2.47. The Bertz CT molecular complexity index is 2090. The lowest BCUT2D eigenvalue weighted by Crippen LogP contribution is -2.58. The van der Waals surface area contributed by atoms with Crippen molar-refractivity contribution < 1.29 is 9.85 Å². The third-order valence-electron chi connectivity index (χ3n) is 10.6. The van der Waals surface area contributed by atoms with Crippen LogP contribution in [0.15, 0.2) is 114 Å². The van der Waals surface area contributed by atoms with E-state index < -0.39 is 5.66 Å². The summed E-state index contributed by atoms with van der Waals surface area (Å²) < 4.78 is 1.92. The summed E-state index contributed by atoms with van der Waals surface area (Å²) in [7, 11) is 0. The van der Waals surface area contributed by atoms with Crippen LogP contribution in [0.1, 0.15) is 69.8 Å². The zero-order chi connectivity index (χ0) is 35.7. The number of nitro benzene ring substituents is 2. The zero-order valence-corrected chi connectivity index (χ0v) is 28.8. The highest BCUT2D eigenvalue weighted by molar-refractivity contribution is 6.15. The van der Waals surface area contributed by atoms with Crippen LogP contribution in [0.5, 0.6) is 0 Å². The monoisotopic (exact) mass is 696 g/mol. The number of nitro groups is 2. The Labute approximate surface area is 301 Å². The Morgan fingerprint density at radius 1 is 0.654 bits per heavy atom. The first-order chi connectivity index (χ1) is 25.4. The normalized spacial score (nSPS) is 17.3. The lowest BCUT2D eigenvalue weighted by atomic mass is 9.86. The number of anilines is 3. The number of aromatic nitrogens is 2. The fraction of sp³-hybridized carbons (Fsp3) is 0.300. The molecule has 1 aliphatic heterocycles. The van der Waals surface area contributed by atoms with Gasteiger partial charge >= 0.3 is 0 Å². The van der Waals surface area contributed by atoms with Gasteiger partial charge in [0, 0.05) is 41.4 Å². The molecular weight excluding hydrogens is 656 g/mol. The SMILES string of the molecule is O=[N+]([O-])c1ccc(N2N=C(c3ccccc3)N(c3c(NC4CCCCC4)c(-c4ccccc4)nn3-c3ccc([N+](=O)[O-])cc3)C23CCCCC3)cc1. The van der Waals surface area contributed by atoms with Gasteiger partial charge in [-0.2, -0.15) is 10.2 Å². The molecule has 1 spiro atoms. The molecule has 1 aromatic heterocycles. The van der Waals surface area contributed by atoms with E-state index in [9.17, 15) is 20.2 Å². The summed E-state index contributed by atoms with van der Waals surface area (Å²) in [6.45, 7) is 0. The molecule has 0 atom stereocenters. The average molecular weight is 697 g/mol. The molecule has 12 heteroatoms. The van der Waals surface area contributed by atoms with E-state index in [4.69, 9.17) is 10.2 Å². The van der Waals surface area contributed by atoms with Crippen molar-refractivity contribution in [3.05, 3.63) is 135 Å². The molecular formula is C40H40N8O4. The van der Waals surface area contributed by atoms with E-state index in [1.807, 2.05) is 41.1 Å². The average Bonchev–Trinajstić information content (AvgIpc) is 3.71. The van der Waals surface area contributed by atoms with E-state index in [0.29, 0.717) is 5.69 Å². The van der Waals surface area contributed by atoms with Crippen LogP contribution in [0, 0.1) is 20.2 Å². The van der Waals surface area contributed by atoms with Gasteiger partial charge < -0.3 is 5.32 Å². The predicted molar refractivity (Wildman–Crippen MR) is 203 cm³/mol. The van der Waals surface area contributed by atoms with Crippen LogP contribution >= 0.6 is 0 Å². The van der Waals surface area contributed by atoms with Gasteiger partial charge in [-0.15, -0.1) is 0 Å². The highest BCUT2D eigenvalue weighted by Crippen LogP contribution is 2.51. The Morgan fingerprint density at radius 2 is 1.19 bits per heavy atom. The van der Waals surface area contributed by atoms with Crippen molar-refractivity contribution >= 4 is 34.4 Å². The number of nitrogens with zero attached hydrogens (tertiary/aromatic N) is 7. The number of non-ortho nitro benzene ring substituents is 2. The fourth-order valence-electron chi connectivity index (χ4n) is 8.06. The highest BCUT2D eigenvalue weighted by Gasteiger charge is 2.53. The number of rotatable bonds is 9. The minimum Gasteiger partial charge on any atom is -0.377 e. The predicted octanol–water partition coefficient (Wildman–Crippen LogP) is 9.45. The minimum absolute atomic E-state index is 0.00194. The van der Waals surface area contributed by atoms with Gasteiger partial charge in [-0.1, -0.05) is 86.3 Å². The molecule has 0 unspecified atom stereocenters. The molecule has 52 heavy (non-hydrogen) atoms. The van der Waals surface area contributed by atoms with Crippen LogP contribution in [0.4, 0.5) is 28.6 Å². The van der Waals surface area contributed by atoms with Crippen LogP contribution in [0.3, 0.4) is 0 Å². The first-order valence-electron chi connectivity index (χ1n) is 18.1. The van der Waals surface area contributed by atoms with E-state index in [1.54, 1.807) is 24.3 Å². The molecule has 0 bridgehead atoms. The van der Waals surface area contributed by atoms with Crippen LogP contribution in [-0.2, 0) is 0 Å². The molecule has 8 rings (SSSR count). The lowest BCUT2D eigenvalue weighted by molar-refractivity contribution is -0.385. The molecule has 1 N–H and O–H groups in total. The van der Waals surface area contributed by atoms with Gasteiger partial charge in [0.1, 0.15) is 17.0 Å². The summed E-state index contributed by atoms with van der Waals surface area (Å²) in [6, 6.07) is 33.7. The molecule has 2 aliphatic carbocycles. The van der Waals surface area contributed by atoms with E-state index in [-0.39, 0.29) is 27.3 Å². The minimum atomic E-state index is -0.685. The third-order valence-corrected chi connectivity index (χ3v) is 10.6. The molecule has 2 saturated carbocycles. The number of hydrogen-bond acceptors (Lipinski definition) is 9. The summed E-state index contributed by atoms with van der Waals surface area (Å²) >= 11 is 0. The second-order valence-corrected chi connectivity index (χ2v) is 13.8. The van der Waals surface area contributed by atoms with Crippen molar-refractivity contribution in [3.63, 3.8) is 0 Å². The summed E-state index contributed by atoms with van der Waals surface area (Å²) in [5, 5.41) is 40.2. The van der Waals surface area contributed by atoms with Gasteiger partial charge in [0.05, 0.1) is 21.2 Å². The van der Waals surface area contributed by atoms with Crippen LogP contribution < -0.4 is 15.2 Å². The molecule has 2 fully saturated rings. The van der Waals surface area contributed by atoms with Crippen molar-refractivity contribution in [1.29, 1.82) is 0 Å². The van der Waals surface area contributed by atoms with E-state index >= 15 is 0 Å². The number of nitrogens with one attached hydrogen (secondary N) is 1. The molecule has 3 aliphatic rings. The molecule has 0 radical (unpaired) electrons. The van der Waals surface area contributed by atoms with Crippen molar-refractivity contribution in [2.75, 3.05) is 15.2 Å². The Morgan fingerprint density at radius 3 is 1.77 bits per heavy atom. The third kappa shape index (κ3) is 6.03. The van der Waals surface area contributed by atoms with Gasteiger partial charge in [0.25, 0.3) is 11.4 Å². The van der Waals surface area contributed by atoms with Crippen LogP contribution in [-0.4, -0.2) is 37.2 Å². The molecule has 2 heterocycles. The Kier molecular flexibility index (Phi) is 8.88. The van der Waals surface area contributed by atoms with Gasteiger partial charge in [0.15, 0.2) is 11.7 Å². The summed E-state index contributed by atoms with van der Waals surface area (Å²) in [5.74, 6) is 1.53. The van der Waals surface area contributed by atoms with Crippen molar-refractivity contribution in [2.24, 2.45) is 5.10 Å². The molecule has 0 saturated heterocycles. The molecule has 5 aromatic rings. The fourth-order valence-corrected chi connectivity index (χ4v) is 8.06. The number of hydrogen-bond donors (Lipinski definition) is 1. The quantitative estimate of drug-likeness (QED) is 0.119. The van der Waals surface area contributed by atoms with E-state index in [2.05, 4.69) is 39.5 Å². The smallest absolute Gasteiger partial charge is 0.269 e. The molecule has 0 amide bonds. The first kappa shape index (κ1) is 33.1. The molecule has 264 valence electrons. The summed E-state index contributed by atoms with van der Waals surface area (Å²) in [5.41, 5.74) is 4.31. The van der Waals surface area contributed by atoms with Crippen molar-refractivity contribution in [1.82, 2.24) is 9.78 Å². The summed E-state index contributed by atoms with van der Waals surface area (Å²) in [6.07, 6.45) is 10.1. The van der Waals surface area contributed by atoms with Crippen molar-refractivity contribution in [2.45, 2.75) is 75.9 Å². The standard InChI is InChI=1S/C40H40N8O4/c49-47(50)34-23-19-32(20-24-34)45-39(37(41-31-17-9-3-10-18-31)36(42-45)29-13-5-1-6-14-29)44-38(30-15-7-2-8-16-30)43-46(40(44)27-11-4-12-28-40)33-21-25-35(26-22-33)48(51)52/h1-2,5-8,13-16,19-26,31,41H,3-4,9-12,17-18,27-28H2. The van der Waals surface area contributed by atoms with Gasteiger partial charge in [-0.05, 0) is 62.8 Å². The Balaban J connectivity index is 1.41. The molecule has 12 nitrogen and oxygen atoms in total. The number of benzene rings is 4. The molecule has 4 aromatic carbocycles. The van der Waals surface area contributed by atoms with E-state index in [1.165, 1.54) is 30.7 Å². The maximum atomic E-state index is 11.7. The second-order valence-electron chi connectivity index (χ2n) is 13.8. The topological polar surface area (TPSA) is 135 Å². The van der Waals surface area contributed by atoms with Crippen molar-refractivity contribution in [3.8, 4) is 16.9 Å². The zero-order valence-electron chi connectivity index (χ0n) is 28.8. The van der Waals surface area contributed by atoms with Gasteiger partial charge in [-0.3, -0.25) is 25.1 Å². The Hall–Kier alpha value is -6.04. The second kappa shape index (κ2) is 13.9.